The lowest BCUT2D eigenvalue weighted by atomic mass is 9.77. The van der Waals surface area contributed by atoms with Crippen molar-refractivity contribution in [2.24, 2.45) is 0 Å². The second kappa shape index (κ2) is 9.87. The number of anilines is 1. The second-order valence-electron chi connectivity index (χ2n) is 10.1. The predicted molar refractivity (Wildman–Crippen MR) is 132 cm³/mol. The number of carbonyl (C=O) groups excluding carboxylic acids is 2. The van der Waals surface area contributed by atoms with Crippen molar-refractivity contribution in [3.05, 3.63) is 59.8 Å². The van der Waals surface area contributed by atoms with E-state index in [1.807, 2.05) is 42.6 Å². The van der Waals surface area contributed by atoms with Gasteiger partial charge in [0.1, 0.15) is 5.82 Å². The van der Waals surface area contributed by atoms with Gasteiger partial charge in [0, 0.05) is 36.3 Å². The molecular formula is C27H35N3O3. The number of hydrogen-bond donors (Lipinski definition) is 1. The lowest BCUT2D eigenvalue weighted by molar-refractivity contribution is -0.157. The molecule has 0 saturated carbocycles. The molecule has 0 spiro atoms. The maximum absolute atomic E-state index is 11.6. The fourth-order valence-electron chi connectivity index (χ4n) is 4.52. The quantitative estimate of drug-likeness (QED) is 0.380. The summed E-state index contributed by atoms with van der Waals surface area (Å²) in [7, 11) is 2.22. The first-order valence-electron chi connectivity index (χ1n) is 11.4. The molecule has 33 heavy (non-hydrogen) atoms. The minimum absolute atomic E-state index is 0.0706. The predicted octanol–water partition coefficient (Wildman–Crippen LogP) is 5.00. The monoisotopic (exact) mass is 449 g/mol. The number of carbonyl (C=O) groups is 2. The molecule has 1 aromatic heterocycles. The van der Waals surface area contributed by atoms with Crippen molar-refractivity contribution < 1.29 is 14.3 Å². The number of piperidine rings is 1. The van der Waals surface area contributed by atoms with E-state index in [4.69, 9.17) is 0 Å². The number of pyridine rings is 1. The number of benzene rings is 1. The molecule has 2 aromatic rings. The third-order valence-corrected chi connectivity index (χ3v) is 6.47. The van der Waals surface area contributed by atoms with Crippen molar-refractivity contribution in [3.63, 3.8) is 0 Å². The first kappa shape index (κ1) is 24.6. The molecule has 1 aliphatic rings. The number of aromatic nitrogens is 1. The maximum Gasteiger partial charge on any atom is 0.317 e. The molecule has 6 heteroatoms. The van der Waals surface area contributed by atoms with Crippen LogP contribution in [0.5, 0.6) is 0 Å². The van der Waals surface area contributed by atoms with Crippen molar-refractivity contribution in [1.29, 1.82) is 0 Å². The molecule has 1 aliphatic heterocycles. The molecule has 0 atom stereocenters. The average Bonchev–Trinajstić information content (AvgIpc) is 2.72. The molecule has 0 radical (unpaired) electrons. The van der Waals surface area contributed by atoms with E-state index in [1.165, 1.54) is 12.5 Å². The fraction of sp³-hybridized carbons (Fsp3) is 0.444. The number of likely N-dealkylation sites (tertiary alicyclic amines) is 1. The summed E-state index contributed by atoms with van der Waals surface area (Å²) in [6.45, 7) is 11.2. The first-order chi connectivity index (χ1) is 15.5. The van der Waals surface area contributed by atoms with E-state index in [9.17, 15) is 9.59 Å². The zero-order valence-corrected chi connectivity index (χ0v) is 20.6. The Kier molecular flexibility index (Phi) is 7.38. The summed E-state index contributed by atoms with van der Waals surface area (Å²) in [5, 5.41) is 3.40. The van der Waals surface area contributed by atoms with Crippen LogP contribution in [0.15, 0.2) is 54.2 Å². The zero-order chi connectivity index (χ0) is 24.2. The van der Waals surface area contributed by atoms with E-state index in [-0.39, 0.29) is 17.5 Å². The molecule has 1 fully saturated rings. The van der Waals surface area contributed by atoms with E-state index in [2.05, 4.69) is 60.8 Å². The van der Waals surface area contributed by atoms with Gasteiger partial charge in [0.15, 0.2) is 0 Å². The lowest BCUT2D eigenvalue weighted by Gasteiger charge is -2.52. The van der Waals surface area contributed by atoms with Crippen molar-refractivity contribution >= 4 is 17.8 Å². The Bertz CT molecular complexity index is 1000. The summed E-state index contributed by atoms with van der Waals surface area (Å²) in [6, 6.07) is 11.6. The third-order valence-electron chi connectivity index (χ3n) is 6.47. The smallest absolute Gasteiger partial charge is 0.317 e. The van der Waals surface area contributed by atoms with Gasteiger partial charge >= 0.3 is 11.9 Å². The van der Waals surface area contributed by atoms with Gasteiger partial charge in [0.25, 0.3) is 0 Å². The molecule has 3 rings (SSSR count). The standard InChI is InChI=1S/C27H35N3O3/c1-19(31)33-25(32)15-20-7-9-22(10-8-20)23-11-12-24(29-18-23)28-14-13-21-16-26(2,3)30(6)27(4,5)17-21/h7-13,18H,14-17H2,1-6H3,(H,28,29). The van der Waals surface area contributed by atoms with Crippen LogP contribution in [0.2, 0.25) is 0 Å². The van der Waals surface area contributed by atoms with Crippen molar-refractivity contribution in [3.8, 4) is 11.1 Å². The van der Waals surface area contributed by atoms with Gasteiger partial charge in [-0.3, -0.25) is 14.5 Å². The molecule has 6 nitrogen and oxygen atoms in total. The summed E-state index contributed by atoms with van der Waals surface area (Å²) in [6.07, 6.45) is 6.37. The van der Waals surface area contributed by atoms with Crippen LogP contribution in [-0.2, 0) is 20.7 Å². The summed E-state index contributed by atoms with van der Waals surface area (Å²) >= 11 is 0. The van der Waals surface area contributed by atoms with E-state index in [1.54, 1.807) is 0 Å². The molecule has 2 heterocycles. The van der Waals surface area contributed by atoms with Crippen LogP contribution in [0.1, 0.15) is 53.0 Å². The van der Waals surface area contributed by atoms with Crippen LogP contribution in [-0.4, -0.2) is 46.5 Å². The first-order valence-corrected chi connectivity index (χ1v) is 11.4. The summed E-state index contributed by atoms with van der Waals surface area (Å²) in [5.41, 5.74) is 4.59. The van der Waals surface area contributed by atoms with Gasteiger partial charge in [-0.25, -0.2) is 4.98 Å². The maximum atomic E-state index is 11.6. The molecule has 1 aromatic carbocycles. The Morgan fingerprint density at radius 2 is 1.64 bits per heavy atom. The summed E-state index contributed by atoms with van der Waals surface area (Å²) in [5.74, 6) is -0.299. The molecule has 0 aliphatic carbocycles. The Morgan fingerprint density at radius 3 is 2.18 bits per heavy atom. The minimum Gasteiger partial charge on any atom is -0.393 e. The molecule has 1 N–H and O–H groups in total. The largest absolute Gasteiger partial charge is 0.393 e. The van der Waals surface area contributed by atoms with Gasteiger partial charge < -0.3 is 10.1 Å². The van der Waals surface area contributed by atoms with Gasteiger partial charge in [-0.2, -0.15) is 0 Å². The van der Waals surface area contributed by atoms with Crippen molar-refractivity contribution in [2.75, 3.05) is 18.9 Å². The van der Waals surface area contributed by atoms with Gasteiger partial charge in [-0.05, 0) is 70.8 Å². The Hall–Kier alpha value is -2.99. The number of ether oxygens (including phenoxy) is 1. The van der Waals surface area contributed by atoms with E-state index < -0.39 is 11.9 Å². The van der Waals surface area contributed by atoms with Crippen molar-refractivity contribution in [1.82, 2.24) is 9.88 Å². The number of esters is 2. The number of hydrogen-bond acceptors (Lipinski definition) is 6. The van der Waals surface area contributed by atoms with E-state index in [0.717, 1.165) is 41.9 Å². The third kappa shape index (κ3) is 6.51. The highest BCUT2D eigenvalue weighted by Gasteiger charge is 2.40. The average molecular weight is 450 g/mol. The molecular weight excluding hydrogens is 414 g/mol. The molecule has 0 bridgehead atoms. The lowest BCUT2D eigenvalue weighted by Crippen LogP contribution is -2.56. The highest BCUT2D eigenvalue weighted by Crippen LogP contribution is 2.39. The molecule has 176 valence electrons. The number of rotatable bonds is 6. The molecule has 1 saturated heterocycles. The summed E-state index contributed by atoms with van der Waals surface area (Å²) in [4.78, 5) is 29.5. The topological polar surface area (TPSA) is 71.5 Å². The number of nitrogens with one attached hydrogen (secondary N) is 1. The highest BCUT2D eigenvalue weighted by atomic mass is 16.6. The van der Waals surface area contributed by atoms with E-state index in [0.29, 0.717) is 0 Å². The van der Waals surface area contributed by atoms with Crippen LogP contribution in [0.4, 0.5) is 5.82 Å². The SMILES string of the molecule is CC(=O)OC(=O)Cc1ccc(-c2ccc(NCC=C3CC(C)(C)N(C)C(C)(C)C3)nc2)cc1. The fourth-order valence-corrected chi connectivity index (χ4v) is 4.52. The van der Waals surface area contributed by atoms with Crippen LogP contribution < -0.4 is 5.32 Å². The highest BCUT2D eigenvalue weighted by molar-refractivity contribution is 5.85. The Morgan fingerprint density at radius 1 is 1.03 bits per heavy atom. The second-order valence-corrected chi connectivity index (χ2v) is 10.1. The van der Waals surface area contributed by atoms with Crippen LogP contribution in [0, 0.1) is 0 Å². The van der Waals surface area contributed by atoms with Crippen molar-refractivity contribution in [2.45, 2.75) is 65.0 Å². The molecule has 0 unspecified atom stereocenters. The minimum atomic E-state index is -0.591. The molecule has 0 amide bonds. The summed E-state index contributed by atoms with van der Waals surface area (Å²) < 4.78 is 4.58. The normalized spacial score (nSPS) is 17.3. The van der Waals surface area contributed by atoms with E-state index >= 15 is 0 Å². The van der Waals surface area contributed by atoms with Crippen LogP contribution in [0.3, 0.4) is 0 Å². The van der Waals surface area contributed by atoms with Gasteiger partial charge in [0.05, 0.1) is 6.42 Å². The van der Waals surface area contributed by atoms with Gasteiger partial charge in [0.2, 0.25) is 0 Å². The Balaban J connectivity index is 1.57. The van der Waals surface area contributed by atoms with Crippen LogP contribution in [0.25, 0.3) is 11.1 Å². The van der Waals surface area contributed by atoms with Gasteiger partial charge in [-0.1, -0.05) is 35.9 Å². The van der Waals surface area contributed by atoms with Crippen LogP contribution >= 0.6 is 0 Å². The van der Waals surface area contributed by atoms with Gasteiger partial charge in [-0.15, -0.1) is 0 Å². The Labute approximate surface area is 197 Å². The zero-order valence-electron chi connectivity index (χ0n) is 20.6. The number of nitrogens with zero attached hydrogens (tertiary/aromatic N) is 2.